The summed E-state index contributed by atoms with van der Waals surface area (Å²) < 4.78 is 10.9. The zero-order valence-corrected chi connectivity index (χ0v) is 17.8. The lowest BCUT2D eigenvalue weighted by Gasteiger charge is -2.09. The molecule has 0 saturated heterocycles. The number of methoxy groups -OCH3 is 1. The Bertz CT molecular complexity index is 1120. The van der Waals surface area contributed by atoms with Gasteiger partial charge in [-0.15, -0.1) is 0 Å². The van der Waals surface area contributed by atoms with E-state index < -0.39 is 5.91 Å². The van der Waals surface area contributed by atoms with Crippen LogP contribution in [0.15, 0.2) is 72.3 Å². The van der Waals surface area contributed by atoms with Gasteiger partial charge in [0.2, 0.25) is 0 Å². The largest absolute Gasteiger partial charge is 0.497 e. The maximum atomic E-state index is 12.4. The normalized spacial score (nSPS) is 10.8. The van der Waals surface area contributed by atoms with Crippen LogP contribution in [0.1, 0.15) is 22.3 Å². The number of rotatable bonds is 7. The van der Waals surface area contributed by atoms with E-state index >= 15 is 0 Å². The number of anilines is 1. The van der Waals surface area contributed by atoms with Crippen molar-refractivity contribution in [1.82, 2.24) is 0 Å². The van der Waals surface area contributed by atoms with Crippen LogP contribution in [0.4, 0.5) is 5.69 Å². The first-order chi connectivity index (χ1) is 15.0. The van der Waals surface area contributed by atoms with Crippen molar-refractivity contribution in [3.63, 3.8) is 0 Å². The molecule has 1 amide bonds. The minimum Gasteiger partial charge on any atom is -0.497 e. The molecule has 0 aliphatic rings. The highest BCUT2D eigenvalue weighted by atomic mass is 16.5. The molecular weight excluding hydrogens is 388 g/mol. The summed E-state index contributed by atoms with van der Waals surface area (Å²) in [7, 11) is 1.57. The molecule has 1 N–H and O–H groups in total. The fraction of sp³-hybridized carbons (Fsp3) is 0.154. The van der Waals surface area contributed by atoms with Gasteiger partial charge >= 0.3 is 0 Å². The number of aryl methyl sites for hydroxylation is 2. The SMILES string of the molecule is COc1ccc(NC(=O)/C(C#N)=C/c2ccc(OCc3ccc(C)c(C)c3)cc2)cc1. The fourth-order valence-electron chi connectivity index (χ4n) is 2.91. The van der Waals surface area contributed by atoms with Gasteiger partial charge in [0.1, 0.15) is 29.7 Å². The van der Waals surface area contributed by atoms with E-state index in [4.69, 9.17) is 9.47 Å². The number of ether oxygens (including phenoxy) is 2. The molecule has 5 heteroatoms. The van der Waals surface area contributed by atoms with Crippen molar-refractivity contribution in [2.24, 2.45) is 0 Å². The highest BCUT2D eigenvalue weighted by Gasteiger charge is 2.10. The molecule has 0 heterocycles. The average molecular weight is 412 g/mol. The average Bonchev–Trinajstić information content (AvgIpc) is 2.79. The molecule has 0 spiro atoms. The number of hydrogen-bond acceptors (Lipinski definition) is 4. The second kappa shape index (κ2) is 10.1. The van der Waals surface area contributed by atoms with Crippen LogP contribution in [-0.2, 0) is 11.4 Å². The second-order valence-corrected chi connectivity index (χ2v) is 7.13. The number of nitrogens with zero attached hydrogens (tertiary/aromatic N) is 1. The highest BCUT2D eigenvalue weighted by molar-refractivity contribution is 6.09. The molecule has 0 fully saturated rings. The predicted molar refractivity (Wildman–Crippen MR) is 122 cm³/mol. The van der Waals surface area contributed by atoms with Crippen LogP contribution in [0.3, 0.4) is 0 Å². The van der Waals surface area contributed by atoms with Crippen LogP contribution in [0.25, 0.3) is 6.08 Å². The Morgan fingerprint density at radius 2 is 1.65 bits per heavy atom. The second-order valence-electron chi connectivity index (χ2n) is 7.13. The van der Waals surface area contributed by atoms with Gasteiger partial charge in [-0.1, -0.05) is 30.3 Å². The number of carbonyl (C=O) groups excluding carboxylic acids is 1. The summed E-state index contributed by atoms with van der Waals surface area (Å²) in [4.78, 5) is 12.4. The van der Waals surface area contributed by atoms with E-state index in [0.29, 0.717) is 18.0 Å². The van der Waals surface area contributed by atoms with Crippen molar-refractivity contribution in [2.75, 3.05) is 12.4 Å². The number of amides is 1. The van der Waals surface area contributed by atoms with E-state index in [0.717, 1.165) is 16.9 Å². The Morgan fingerprint density at radius 3 is 2.26 bits per heavy atom. The Labute approximate surface area is 182 Å². The maximum Gasteiger partial charge on any atom is 0.266 e. The monoisotopic (exact) mass is 412 g/mol. The third-order valence-corrected chi connectivity index (χ3v) is 4.88. The van der Waals surface area contributed by atoms with Crippen molar-refractivity contribution in [2.45, 2.75) is 20.5 Å². The molecule has 0 saturated carbocycles. The molecule has 3 aromatic rings. The summed E-state index contributed by atoms with van der Waals surface area (Å²) in [5.41, 5.74) is 4.93. The number of hydrogen-bond donors (Lipinski definition) is 1. The van der Waals surface area contributed by atoms with Gasteiger partial charge in [0.25, 0.3) is 5.91 Å². The van der Waals surface area contributed by atoms with Gasteiger partial charge in [-0.25, -0.2) is 0 Å². The molecule has 0 aromatic heterocycles. The Balaban J connectivity index is 1.63. The van der Waals surface area contributed by atoms with Crippen LogP contribution in [0.5, 0.6) is 11.5 Å². The van der Waals surface area contributed by atoms with E-state index in [1.165, 1.54) is 11.1 Å². The van der Waals surface area contributed by atoms with E-state index in [1.807, 2.05) is 30.3 Å². The van der Waals surface area contributed by atoms with Crippen molar-refractivity contribution >= 4 is 17.7 Å². The fourth-order valence-corrected chi connectivity index (χ4v) is 2.91. The molecular formula is C26H24N2O3. The van der Waals surface area contributed by atoms with Crippen molar-refractivity contribution in [3.8, 4) is 17.6 Å². The minimum absolute atomic E-state index is 0.0135. The molecule has 0 radical (unpaired) electrons. The molecule has 0 aliphatic carbocycles. The summed E-state index contributed by atoms with van der Waals surface area (Å²) >= 11 is 0. The molecule has 0 atom stereocenters. The molecule has 156 valence electrons. The van der Waals surface area contributed by atoms with Crippen molar-refractivity contribution < 1.29 is 14.3 Å². The van der Waals surface area contributed by atoms with Crippen LogP contribution < -0.4 is 14.8 Å². The van der Waals surface area contributed by atoms with Gasteiger partial charge in [0, 0.05) is 5.69 Å². The van der Waals surface area contributed by atoms with E-state index in [9.17, 15) is 10.1 Å². The molecule has 5 nitrogen and oxygen atoms in total. The molecule has 3 aromatic carbocycles. The van der Waals surface area contributed by atoms with E-state index in [1.54, 1.807) is 37.5 Å². The Hall–Kier alpha value is -4.04. The topological polar surface area (TPSA) is 71.3 Å². The van der Waals surface area contributed by atoms with E-state index in [-0.39, 0.29) is 5.57 Å². The van der Waals surface area contributed by atoms with Gasteiger partial charge in [-0.2, -0.15) is 5.26 Å². The summed E-state index contributed by atoms with van der Waals surface area (Å²) in [6.45, 7) is 4.64. The van der Waals surface area contributed by atoms with Gasteiger partial charge in [0.15, 0.2) is 0 Å². The first-order valence-corrected chi connectivity index (χ1v) is 9.84. The van der Waals surface area contributed by atoms with Gasteiger partial charge in [-0.3, -0.25) is 4.79 Å². The molecule has 0 aliphatic heterocycles. The Morgan fingerprint density at radius 1 is 0.968 bits per heavy atom. The minimum atomic E-state index is -0.470. The molecule has 0 unspecified atom stereocenters. The van der Waals surface area contributed by atoms with Crippen molar-refractivity contribution in [3.05, 3.63) is 94.6 Å². The van der Waals surface area contributed by atoms with Gasteiger partial charge < -0.3 is 14.8 Å². The predicted octanol–water partition coefficient (Wildman–Crippen LogP) is 5.44. The lowest BCUT2D eigenvalue weighted by atomic mass is 10.1. The smallest absolute Gasteiger partial charge is 0.266 e. The summed E-state index contributed by atoms with van der Waals surface area (Å²) in [5, 5.41) is 12.1. The Kier molecular flexibility index (Phi) is 7.08. The van der Waals surface area contributed by atoms with Crippen LogP contribution in [0, 0.1) is 25.2 Å². The van der Waals surface area contributed by atoms with Gasteiger partial charge in [0.05, 0.1) is 7.11 Å². The van der Waals surface area contributed by atoms with Crippen LogP contribution in [-0.4, -0.2) is 13.0 Å². The zero-order valence-electron chi connectivity index (χ0n) is 17.8. The lowest BCUT2D eigenvalue weighted by molar-refractivity contribution is -0.112. The maximum absolute atomic E-state index is 12.4. The third kappa shape index (κ3) is 5.97. The van der Waals surface area contributed by atoms with Crippen LogP contribution in [0.2, 0.25) is 0 Å². The lowest BCUT2D eigenvalue weighted by Crippen LogP contribution is -2.13. The first-order valence-electron chi connectivity index (χ1n) is 9.84. The molecule has 0 bridgehead atoms. The number of nitrogens with one attached hydrogen (secondary N) is 1. The van der Waals surface area contributed by atoms with E-state index in [2.05, 4.69) is 37.4 Å². The summed E-state index contributed by atoms with van der Waals surface area (Å²) in [5.74, 6) is 0.938. The number of carbonyl (C=O) groups is 1. The molecule has 31 heavy (non-hydrogen) atoms. The quantitative estimate of drug-likeness (QED) is 0.414. The number of nitriles is 1. The van der Waals surface area contributed by atoms with Crippen LogP contribution >= 0.6 is 0 Å². The first kappa shape index (κ1) is 21.7. The van der Waals surface area contributed by atoms with Gasteiger partial charge in [-0.05, 0) is 78.6 Å². The summed E-state index contributed by atoms with van der Waals surface area (Å²) in [6.07, 6.45) is 1.55. The zero-order chi connectivity index (χ0) is 22.2. The molecule has 3 rings (SSSR count). The summed E-state index contributed by atoms with van der Waals surface area (Å²) in [6, 6.07) is 22.4. The standard InChI is InChI=1S/C26H24N2O3/c1-18-4-5-21(14-19(18)2)17-31-25-10-6-20(7-11-25)15-22(16-27)26(29)28-23-8-12-24(30-3)13-9-23/h4-15H,17H2,1-3H3,(H,28,29)/b22-15+. The third-order valence-electron chi connectivity index (χ3n) is 4.88. The van der Waals surface area contributed by atoms with Crippen molar-refractivity contribution in [1.29, 1.82) is 5.26 Å². The highest BCUT2D eigenvalue weighted by Crippen LogP contribution is 2.19. The number of benzene rings is 3.